The first-order valence-electron chi connectivity index (χ1n) is 10.2. The molecule has 0 aliphatic carbocycles. The van der Waals surface area contributed by atoms with E-state index in [0.717, 1.165) is 5.56 Å². The first kappa shape index (κ1) is 24.2. The zero-order chi connectivity index (χ0) is 22.4. The first-order chi connectivity index (χ1) is 14.9. The second kappa shape index (κ2) is 11.4. The molecule has 0 unspecified atom stereocenters. The fourth-order valence-electron chi connectivity index (χ4n) is 3.42. The zero-order valence-corrected chi connectivity index (χ0v) is 16.9. The van der Waals surface area contributed by atoms with Gasteiger partial charge in [-0.05, 0) is 12.0 Å². The van der Waals surface area contributed by atoms with Crippen molar-refractivity contribution in [3.63, 3.8) is 0 Å². The van der Waals surface area contributed by atoms with Gasteiger partial charge >= 0.3 is 0 Å². The molecule has 174 valence electrons. The van der Waals surface area contributed by atoms with E-state index in [1.54, 1.807) is 0 Å². The molecule has 31 heavy (non-hydrogen) atoms. The van der Waals surface area contributed by atoms with Crippen LogP contribution in [0, 0.1) is 0 Å². The van der Waals surface area contributed by atoms with Crippen molar-refractivity contribution in [1.82, 2.24) is 0 Å². The SMILES string of the molecule is O[C@@H]1[C@@H](O)[C@@H](OCC/C=C/c2ccccc2)O[C@H](CO[C@@H]2[C@@H](O)[C@@H](O)OC[C@@H]2O)[C@H]1O. The van der Waals surface area contributed by atoms with Crippen LogP contribution < -0.4 is 0 Å². The van der Waals surface area contributed by atoms with Gasteiger partial charge in [0.15, 0.2) is 12.6 Å². The fraction of sp³-hybridized carbons (Fsp3) is 0.619. The second-order valence-corrected chi connectivity index (χ2v) is 7.57. The molecule has 0 aromatic heterocycles. The normalized spacial score (nSPS) is 39.1. The summed E-state index contributed by atoms with van der Waals surface area (Å²) in [5, 5.41) is 59.8. The average molecular weight is 442 g/mol. The van der Waals surface area contributed by atoms with E-state index in [0.29, 0.717) is 6.42 Å². The highest BCUT2D eigenvalue weighted by atomic mass is 16.7. The van der Waals surface area contributed by atoms with Crippen molar-refractivity contribution in [3.8, 4) is 0 Å². The fourth-order valence-corrected chi connectivity index (χ4v) is 3.42. The van der Waals surface area contributed by atoms with E-state index in [1.165, 1.54) is 0 Å². The maximum atomic E-state index is 10.2. The van der Waals surface area contributed by atoms with Gasteiger partial charge in [-0.3, -0.25) is 0 Å². The molecule has 0 spiro atoms. The number of hydrogen-bond acceptors (Lipinski definition) is 10. The minimum absolute atomic E-state index is 0.199. The third-order valence-corrected chi connectivity index (χ3v) is 5.24. The van der Waals surface area contributed by atoms with Crippen molar-refractivity contribution in [1.29, 1.82) is 0 Å². The Morgan fingerprint density at radius 3 is 2.39 bits per heavy atom. The zero-order valence-electron chi connectivity index (χ0n) is 16.9. The number of hydrogen-bond donors (Lipinski definition) is 6. The summed E-state index contributed by atoms with van der Waals surface area (Å²) in [4.78, 5) is 0. The Hall–Kier alpha value is -1.44. The monoisotopic (exact) mass is 442 g/mol. The molecule has 0 amide bonds. The molecule has 10 heteroatoms. The number of benzene rings is 1. The average Bonchev–Trinajstić information content (AvgIpc) is 2.77. The van der Waals surface area contributed by atoms with Gasteiger partial charge < -0.3 is 49.6 Å². The topological polar surface area (TPSA) is 158 Å². The Bertz CT molecular complexity index is 686. The van der Waals surface area contributed by atoms with Gasteiger partial charge in [0.05, 0.1) is 19.8 Å². The lowest BCUT2D eigenvalue weighted by molar-refractivity contribution is -0.313. The van der Waals surface area contributed by atoms with Crippen LogP contribution in [-0.4, -0.2) is 106 Å². The molecular formula is C21H30O10. The number of aliphatic hydroxyl groups is 6. The molecule has 9 atom stereocenters. The van der Waals surface area contributed by atoms with E-state index >= 15 is 0 Å². The molecule has 10 nitrogen and oxygen atoms in total. The second-order valence-electron chi connectivity index (χ2n) is 7.57. The Morgan fingerprint density at radius 2 is 1.65 bits per heavy atom. The van der Waals surface area contributed by atoms with Crippen molar-refractivity contribution in [3.05, 3.63) is 42.0 Å². The van der Waals surface area contributed by atoms with Crippen molar-refractivity contribution in [2.45, 2.75) is 61.7 Å². The minimum Gasteiger partial charge on any atom is -0.388 e. The molecule has 2 aliphatic rings. The Labute approximate surface area is 179 Å². The van der Waals surface area contributed by atoms with Crippen LogP contribution >= 0.6 is 0 Å². The molecule has 1 aromatic rings. The molecule has 0 bridgehead atoms. The number of ether oxygens (including phenoxy) is 4. The molecule has 1 aromatic carbocycles. The third-order valence-electron chi connectivity index (χ3n) is 5.24. The molecule has 6 N–H and O–H groups in total. The summed E-state index contributed by atoms with van der Waals surface area (Å²) in [6, 6.07) is 9.69. The maximum Gasteiger partial charge on any atom is 0.186 e. The highest BCUT2D eigenvalue weighted by Gasteiger charge is 2.46. The standard InChI is InChI=1S/C21H30O10/c22-13-10-30-20(27)18(26)19(13)29-11-14-15(23)16(24)17(25)21(31-14)28-9-5-4-8-12-6-2-1-3-7-12/h1-4,6-8,13-27H,5,9-11H2/b8-4+/t13-,14+,15+,16-,17+,18+,19-,20-,21-/m0/s1. The smallest absolute Gasteiger partial charge is 0.186 e. The van der Waals surface area contributed by atoms with Crippen LogP contribution in [0.1, 0.15) is 12.0 Å². The van der Waals surface area contributed by atoms with Crippen molar-refractivity contribution in [2.75, 3.05) is 19.8 Å². The van der Waals surface area contributed by atoms with Crippen LogP contribution in [0.15, 0.2) is 36.4 Å². The Morgan fingerprint density at radius 1 is 0.903 bits per heavy atom. The highest BCUT2D eigenvalue weighted by Crippen LogP contribution is 2.24. The molecule has 2 saturated heterocycles. The predicted octanol–water partition coefficient (Wildman–Crippen LogP) is -1.63. The quantitative estimate of drug-likeness (QED) is 0.258. The van der Waals surface area contributed by atoms with Crippen LogP contribution in [0.25, 0.3) is 6.08 Å². The van der Waals surface area contributed by atoms with Gasteiger partial charge in [0.1, 0.15) is 42.7 Å². The lowest BCUT2D eigenvalue weighted by Crippen LogP contribution is -2.60. The molecule has 0 saturated carbocycles. The summed E-state index contributed by atoms with van der Waals surface area (Å²) in [6.07, 6.45) is -7.81. The summed E-state index contributed by atoms with van der Waals surface area (Å²) in [5.74, 6) is 0. The van der Waals surface area contributed by atoms with Gasteiger partial charge in [-0.1, -0.05) is 42.5 Å². The largest absolute Gasteiger partial charge is 0.388 e. The summed E-state index contributed by atoms with van der Waals surface area (Å²) < 4.78 is 21.3. The number of aliphatic hydroxyl groups excluding tert-OH is 6. The molecule has 2 fully saturated rings. The molecule has 2 aliphatic heterocycles. The summed E-state index contributed by atoms with van der Waals surface area (Å²) in [6.45, 7) is -0.365. The minimum atomic E-state index is -1.54. The summed E-state index contributed by atoms with van der Waals surface area (Å²) in [7, 11) is 0. The van der Waals surface area contributed by atoms with Crippen LogP contribution in [-0.2, 0) is 18.9 Å². The van der Waals surface area contributed by atoms with E-state index in [4.69, 9.17) is 18.9 Å². The van der Waals surface area contributed by atoms with E-state index in [1.807, 2.05) is 42.5 Å². The molecule has 0 radical (unpaired) electrons. The third kappa shape index (κ3) is 6.30. The lowest BCUT2D eigenvalue weighted by Gasteiger charge is -2.41. The Balaban J connectivity index is 1.49. The van der Waals surface area contributed by atoms with Gasteiger partial charge in [-0.25, -0.2) is 0 Å². The van der Waals surface area contributed by atoms with Crippen LogP contribution in [0.4, 0.5) is 0 Å². The van der Waals surface area contributed by atoms with Gasteiger partial charge in [0.2, 0.25) is 0 Å². The van der Waals surface area contributed by atoms with Gasteiger partial charge in [0.25, 0.3) is 0 Å². The van der Waals surface area contributed by atoms with Crippen molar-refractivity contribution in [2.24, 2.45) is 0 Å². The molecule has 2 heterocycles. The van der Waals surface area contributed by atoms with E-state index in [9.17, 15) is 30.6 Å². The van der Waals surface area contributed by atoms with Crippen LogP contribution in [0.5, 0.6) is 0 Å². The van der Waals surface area contributed by atoms with E-state index in [-0.39, 0.29) is 19.8 Å². The Kier molecular flexibility index (Phi) is 8.93. The first-order valence-corrected chi connectivity index (χ1v) is 10.2. The highest BCUT2D eigenvalue weighted by molar-refractivity contribution is 5.48. The van der Waals surface area contributed by atoms with Gasteiger partial charge in [-0.2, -0.15) is 0 Å². The van der Waals surface area contributed by atoms with Crippen LogP contribution in [0.3, 0.4) is 0 Å². The van der Waals surface area contributed by atoms with Crippen molar-refractivity contribution < 1.29 is 49.6 Å². The number of rotatable bonds is 8. The lowest BCUT2D eigenvalue weighted by atomic mass is 9.99. The van der Waals surface area contributed by atoms with Gasteiger partial charge in [0, 0.05) is 0 Å². The maximum absolute atomic E-state index is 10.2. The van der Waals surface area contributed by atoms with Crippen molar-refractivity contribution >= 4 is 6.08 Å². The molecular weight excluding hydrogens is 412 g/mol. The van der Waals surface area contributed by atoms with Gasteiger partial charge in [-0.15, -0.1) is 0 Å². The summed E-state index contributed by atoms with van der Waals surface area (Å²) in [5.41, 5.74) is 1.04. The summed E-state index contributed by atoms with van der Waals surface area (Å²) >= 11 is 0. The van der Waals surface area contributed by atoms with E-state index in [2.05, 4.69) is 0 Å². The predicted molar refractivity (Wildman–Crippen MR) is 106 cm³/mol. The molecule has 3 rings (SSSR count). The van der Waals surface area contributed by atoms with E-state index < -0.39 is 55.3 Å². The van der Waals surface area contributed by atoms with Crippen LogP contribution in [0.2, 0.25) is 0 Å².